The van der Waals surface area contributed by atoms with E-state index in [-0.39, 0.29) is 18.6 Å². The van der Waals surface area contributed by atoms with Crippen molar-refractivity contribution < 1.29 is 9.90 Å². The number of nitrogens with zero attached hydrogens (tertiary/aromatic N) is 2. The summed E-state index contributed by atoms with van der Waals surface area (Å²) in [5.41, 5.74) is 0. The molecular formula is C12H22N2O2. The van der Waals surface area contributed by atoms with Gasteiger partial charge in [0.25, 0.3) is 0 Å². The van der Waals surface area contributed by atoms with Gasteiger partial charge in [0, 0.05) is 19.1 Å². The Hall–Kier alpha value is -1.13. The Kier molecular flexibility index (Phi) is 7.50. The van der Waals surface area contributed by atoms with Crippen LogP contribution < -0.4 is 0 Å². The maximum atomic E-state index is 11.9. The fraction of sp³-hybridized carbons (Fsp3) is 0.583. The summed E-state index contributed by atoms with van der Waals surface area (Å²) in [7, 11) is 1.82. The summed E-state index contributed by atoms with van der Waals surface area (Å²) in [5.74, 6) is 0.0163. The summed E-state index contributed by atoms with van der Waals surface area (Å²) in [4.78, 5) is 15.3. The van der Waals surface area contributed by atoms with Crippen LogP contribution in [0.1, 0.15) is 6.92 Å². The van der Waals surface area contributed by atoms with Gasteiger partial charge in [-0.1, -0.05) is 12.2 Å². The second-order valence-electron chi connectivity index (χ2n) is 3.82. The molecular weight excluding hydrogens is 204 g/mol. The van der Waals surface area contributed by atoms with Gasteiger partial charge >= 0.3 is 0 Å². The molecule has 16 heavy (non-hydrogen) atoms. The average molecular weight is 226 g/mol. The van der Waals surface area contributed by atoms with E-state index >= 15 is 0 Å². The summed E-state index contributed by atoms with van der Waals surface area (Å²) in [6, 6.07) is -0.0155. The number of carbonyl (C=O) groups excluding carboxylic acids is 1. The van der Waals surface area contributed by atoms with E-state index in [0.29, 0.717) is 19.6 Å². The second kappa shape index (κ2) is 8.07. The predicted octanol–water partition coefficient (Wildman–Crippen LogP) is 0.500. The van der Waals surface area contributed by atoms with Gasteiger partial charge < -0.3 is 10.0 Å². The number of hydrogen-bond acceptors (Lipinski definition) is 3. The maximum Gasteiger partial charge on any atom is 0.237 e. The van der Waals surface area contributed by atoms with Crippen LogP contribution in [0.5, 0.6) is 0 Å². The highest BCUT2D eigenvalue weighted by atomic mass is 16.3. The van der Waals surface area contributed by atoms with Gasteiger partial charge in [0.05, 0.1) is 13.2 Å². The minimum absolute atomic E-state index is 0.0155. The van der Waals surface area contributed by atoms with Gasteiger partial charge in [-0.05, 0) is 14.0 Å². The van der Waals surface area contributed by atoms with Gasteiger partial charge in [0.2, 0.25) is 5.91 Å². The molecule has 0 radical (unpaired) electrons. The number of rotatable bonds is 8. The lowest BCUT2D eigenvalue weighted by molar-refractivity contribution is -0.131. The molecule has 0 saturated heterocycles. The highest BCUT2D eigenvalue weighted by molar-refractivity contribution is 5.78. The molecule has 1 unspecified atom stereocenters. The molecule has 0 aromatic heterocycles. The molecule has 92 valence electrons. The van der Waals surface area contributed by atoms with Crippen LogP contribution in [0.3, 0.4) is 0 Å². The van der Waals surface area contributed by atoms with E-state index in [2.05, 4.69) is 13.2 Å². The minimum Gasteiger partial charge on any atom is -0.395 e. The minimum atomic E-state index is -0.0155. The number of aliphatic hydroxyl groups excluding tert-OH is 1. The molecule has 0 bridgehead atoms. The van der Waals surface area contributed by atoms with Crippen molar-refractivity contribution in [3.8, 4) is 0 Å². The van der Waals surface area contributed by atoms with Gasteiger partial charge in [0.15, 0.2) is 0 Å². The first-order valence-electron chi connectivity index (χ1n) is 5.37. The molecule has 4 nitrogen and oxygen atoms in total. The van der Waals surface area contributed by atoms with Crippen LogP contribution in [0.2, 0.25) is 0 Å². The molecule has 1 amide bonds. The predicted molar refractivity (Wildman–Crippen MR) is 66.2 cm³/mol. The molecule has 0 saturated carbocycles. The summed E-state index contributed by atoms with van der Waals surface area (Å²) >= 11 is 0. The fourth-order valence-electron chi connectivity index (χ4n) is 1.20. The molecule has 0 heterocycles. The van der Waals surface area contributed by atoms with Crippen molar-refractivity contribution in [1.82, 2.24) is 9.80 Å². The Morgan fingerprint density at radius 1 is 1.38 bits per heavy atom. The number of carbonyl (C=O) groups is 1. The smallest absolute Gasteiger partial charge is 0.237 e. The summed E-state index contributed by atoms with van der Waals surface area (Å²) in [5, 5.41) is 8.96. The van der Waals surface area contributed by atoms with Crippen molar-refractivity contribution >= 4 is 5.91 Å². The third-order valence-electron chi connectivity index (χ3n) is 2.45. The molecule has 1 atom stereocenters. The lowest BCUT2D eigenvalue weighted by atomic mass is 10.3. The normalized spacial score (nSPS) is 12.2. The van der Waals surface area contributed by atoms with Crippen LogP contribution in [-0.4, -0.2) is 60.1 Å². The van der Waals surface area contributed by atoms with Crippen molar-refractivity contribution in [3.63, 3.8) is 0 Å². The first-order valence-corrected chi connectivity index (χ1v) is 5.37. The molecule has 0 aromatic carbocycles. The van der Waals surface area contributed by atoms with Crippen molar-refractivity contribution in [2.75, 3.05) is 33.3 Å². The number of aliphatic hydroxyl groups is 1. The Balaban J connectivity index is 4.28. The summed E-state index contributed by atoms with van der Waals surface area (Å²) < 4.78 is 0. The zero-order valence-electron chi connectivity index (χ0n) is 10.2. The van der Waals surface area contributed by atoms with E-state index in [1.165, 1.54) is 0 Å². The van der Waals surface area contributed by atoms with Crippen LogP contribution in [0, 0.1) is 0 Å². The molecule has 0 aliphatic heterocycles. The Bertz CT molecular complexity index is 231. The quantitative estimate of drug-likeness (QED) is 0.613. The molecule has 0 aliphatic carbocycles. The zero-order chi connectivity index (χ0) is 12.6. The van der Waals surface area contributed by atoms with Crippen LogP contribution in [-0.2, 0) is 4.79 Å². The Morgan fingerprint density at radius 3 is 2.25 bits per heavy atom. The van der Waals surface area contributed by atoms with Gasteiger partial charge in [-0.25, -0.2) is 0 Å². The molecule has 1 N–H and O–H groups in total. The van der Waals surface area contributed by atoms with E-state index in [4.69, 9.17) is 5.11 Å². The fourth-order valence-corrected chi connectivity index (χ4v) is 1.20. The van der Waals surface area contributed by atoms with Gasteiger partial charge in [-0.15, -0.1) is 13.2 Å². The maximum absolute atomic E-state index is 11.9. The van der Waals surface area contributed by atoms with Crippen LogP contribution >= 0.6 is 0 Å². The highest BCUT2D eigenvalue weighted by Gasteiger charge is 2.16. The topological polar surface area (TPSA) is 43.8 Å². The highest BCUT2D eigenvalue weighted by Crippen LogP contribution is 1.98. The Labute approximate surface area is 97.8 Å². The van der Waals surface area contributed by atoms with Crippen LogP contribution in [0.15, 0.2) is 25.3 Å². The number of likely N-dealkylation sites (N-methyl/N-ethyl adjacent to an activating group) is 1. The van der Waals surface area contributed by atoms with Gasteiger partial charge in [-0.2, -0.15) is 0 Å². The summed E-state index contributed by atoms with van der Waals surface area (Å²) in [6.45, 7) is 10.5. The van der Waals surface area contributed by atoms with Crippen molar-refractivity contribution in [2.45, 2.75) is 13.0 Å². The van der Waals surface area contributed by atoms with Crippen molar-refractivity contribution in [3.05, 3.63) is 25.3 Å². The monoisotopic (exact) mass is 226 g/mol. The van der Waals surface area contributed by atoms with Crippen molar-refractivity contribution in [1.29, 1.82) is 0 Å². The van der Waals surface area contributed by atoms with Gasteiger partial charge in [0.1, 0.15) is 0 Å². The SMILES string of the molecule is C=CCN(CC=C)C(=O)CN(C)C(C)CO. The summed E-state index contributed by atoms with van der Waals surface area (Å²) in [6.07, 6.45) is 3.38. The molecule has 0 fully saturated rings. The Morgan fingerprint density at radius 2 is 1.88 bits per heavy atom. The first-order chi connectivity index (χ1) is 7.56. The van der Waals surface area contributed by atoms with Gasteiger partial charge in [-0.3, -0.25) is 9.69 Å². The van der Waals surface area contributed by atoms with E-state index in [1.54, 1.807) is 17.1 Å². The van der Waals surface area contributed by atoms with Crippen LogP contribution in [0.4, 0.5) is 0 Å². The van der Waals surface area contributed by atoms with Crippen molar-refractivity contribution in [2.24, 2.45) is 0 Å². The third-order valence-corrected chi connectivity index (χ3v) is 2.45. The largest absolute Gasteiger partial charge is 0.395 e. The van der Waals surface area contributed by atoms with E-state index in [1.807, 2.05) is 18.9 Å². The number of hydrogen-bond donors (Lipinski definition) is 1. The standard InChI is InChI=1S/C12H22N2O2/c1-5-7-14(8-6-2)12(16)9-13(4)11(3)10-15/h5-6,11,15H,1-2,7-10H2,3-4H3. The third kappa shape index (κ3) is 5.09. The number of amides is 1. The molecule has 0 aromatic rings. The van der Waals surface area contributed by atoms with E-state index < -0.39 is 0 Å². The van der Waals surface area contributed by atoms with E-state index in [9.17, 15) is 4.79 Å². The van der Waals surface area contributed by atoms with Crippen LogP contribution in [0.25, 0.3) is 0 Å². The zero-order valence-corrected chi connectivity index (χ0v) is 10.2. The second-order valence-corrected chi connectivity index (χ2v) is 3.82. The molecule has 0 rings (SSSR count). The molecule has 4 heteroatoms. The van der Waals surface area contributed by atoms with E-state index in [0.717, 1.165) is 0 Å². The first kappa shape index (κ1) is 14.9. The average Bonchev–Trinajstić information content (AvgIpc) is 2.27. The lowest BCUT2D eigenvalue weighted by Crippen LogP contribution is -2.43. The molecule has 0 spiro atoms. The molecule has 0 aliphatic rings. The lowest BCUT2D eigenvalue weighted by Gasteiger charge is -2.26.